The van der Waals surface area contributed by atoms with E-state index < -0.39 is 17.6 Å². The van der Waals surface area contributed by atoms with Gasteiger partial charge in [0.25, 0.3) is 0 Å². The molecule has 1 atom stereocenters. The van der Waals surface area contributed by atoms with Gasteiger partial charge >= 0.3 is 6.18 Å². The zero-order chi connectivity index (χ0) is 14.9. The van der Waals surface area contributed by atoms with E-state index in [4.69, 9.17) is 11.1 Å². The van der Waals surface area contributed by atoms with Crippen LogP contribution in [0.15, 0.2) is 18.2 Å². The molecule has 0 aromatic heterocycles. The van der Waals surface area contributed by atoms with E-state index in [1.54, 1.807) is 0 Å². The lowest BCUT2D eigenvalue weighted by Gasteiger charge is -2.33. The second kappa shape index (κ2) is 5.55. The van der Waals surface area contributed by atoms with E-state index >= 15 is 0 Å². The quantitative estimate of drug-likeness (QED) is 0.652. The minimum atomic E-state index is -4.50. The summed E-state index contributed by atoms with van der Waals surface area (Å²) in [5.74, 6) is 0.385. The SMILES string of the molecule is CC1CN(c2ccc(C(F)(F)F)c(C(=N)N)c2)CCS1. The average molecular weight is 303 g/mol. The van der Waals surface area contributed by atoms with Gasteiger partial charge in [-0.1, -0.05) is 6.92 Å². The molecule has 1 aliphatic rings. The Kier molecular flexibility index (Phi) is 4.17. The van der Waals surface area contributed by atoms with Crippen LogP contribution in [-0.2, 0) is 6.18 Å². The van der Waals surface area contributed by atoms with E-state index in [9.17, 15) is 13.2 Å². The molecule has 0 saturated carbocycles. The van der Waals surface area contributed by atoms with E-state index in [1.165, 1.54) is 12.1 Å². The molecule has 1 aromatic rings. The molecule has 1 saturated heterocycles. The molecular formula is C13H16F3N3S. The lowest BCUT2D eigenvalue weighted by molar-refractivity contribution is -0.137. The summed E-state index contributed by atoms with van der Waals surface area (Å²) in [5.41, 5.74) is 4.89. The van der Waals surface area contributed by atoms with Crippen molar-refractivity contribution in [2.45, 2.75) is 18.3 Å². The van der Waals surface area contributed by atoms with Gasteiger partial charge in [0.1, 0.15) is 5.84 Å². The van der Waals surface area contributed by atoms with Crippen LogP contribution in [-0.4, -0.2) is 29.9 Å². The first-order valence-corrected chi connectivity index (χ1v) is 7.26. The van der Waals surface area contributed by atoms with Gasteiger partial charge in [-0.15, -0.1) is 0 Å². The van der Waals surface area contributed by atoms with Gasteiger partial charge in [0.15, 0.2) is 0 Å². The molecule has 20 heavy (non-hydrogen) atoms. The molecule has 2 rings (SSSR count). The van der Waals surface area contributed by atoms with Gasteiger partial charge in [-0.2, -0.15) is 24.9 Å². The number of thioether (sulfide) groups is 1. The van der Waals surface area contributed by atoms with Gasteiger partial charge in [-0.3, -0.25) is 5.41 Å². The van der Waals surface area contributed by atoms with Crippen LogP contribution in [0.3, 0.4) is 0 Å². The fourth-order valence-electron chi connectivity index (χ4n) is 2.25. The molecule has 1 aromatic carbocycles. The molecule has 1 fully saturated rings. The van der Waals surface area contributed by atoms with E-state index in [-0.39, 0.29) is 5.56 Å². The number of nitrogens with zero attached hydrogens (tertiary/aromatic N) is 1. The number of hydrogen-bond acceptors (Lipinski definition) is 3. The van der Waals surface area contributed by atoms with Crippen molar-refractivity contribution in [3.05, 3.63) is 29.3 Å². The fourth-order valence-corrected chi connectivity index (χ4v) is 3.27. The summed E-state index contributed by atoms with van der Waals surface area (Å²) in [6.45, 7) is 3.66. The minimum absolute atomic E-state index is 0.249. The van der Waals surface area contributed by atoms with Crippen LogP contribution >= 0.6 is 11.8 Å². The summed E-state index contributed by atoms with van der Waals surface area (Å²) in [6, 6.07) is 3.84. The van der Waals surface area contributed by atoms with Gasteiger partial charge in [-0.05, 0) is 18.2 Å². The maximum absolute atomic E-state index is 12.9. The Morgan fingerprint density at radius 1 is 1.45 bits per heavy atom. The summed E-state index contributed by atoms with van der Waals surface area (Å²) in [5, 5.41) is 7.80. The van der Waals surface area contributed by atoms with Gasteiger partial charge in [0.2, 0.25) is 0 Å². The molecule has 1 aliphatic heterocycles. The zero-order valence-electron chi connectivity index (χ0n) is 11.0. The highest BCUT2D eigenvalue weighted by atomic mass is 32.2. The van der Waals surface area contributed by atoms with Crippen LogP contribution in [0.1, 0.15) is 18.1 Å². The average Bonchev–Trinajstić information content (AvgIpc) is 2.37. The van der Waals surface area contributed by atoms with Crippen molar-refractivity contribution in [3.63, 3.8) is 0 Å². The third kappa shape index (κ3) is 3.20. The highest BCUT2D eigenvalue weighted by Gasteiger charge is 2.34. The summed E-state index contributed by atoms with van der Waals surface area (Å²) >= 11 is 1.85. The Morgan fingerprint density at radius 3 is 2.70 bits per heavy atom. The van der Waals surface area contributed by atoms with E-state index in [1.807, 2.05) is 16.7 Å². The Labute approximate surface area is 119 Å². The van der Waals surface area contributed by atoms with Crippen LogP contribution in [0.25, 0.3) is 0 Å². The first kappa shape index (κ1) is 15.0. The number of nitrogens with two attached hydrogens (primary N) is 1. The molecule has 0 amide bonds. The number of nitrogen functional groups attached to an aromatic ring is 1. The molecule has 0 bridgehead atoms. The molecule has 0 aliphatic carbocycles. The van der Waals surface area contributed by atoms with Gasteiger partial charge < -0.3 is 10.6 Å². The minimum Gasteiger partial charge on any atom is -0.384 e. The zero-order valence-corrected chi connectivity index (χ0v) is 11.8. The van der Waals surface area contributed by atoms with Crippen LogP contribution in [0.5, 0.6) is 0 Å². The van der Waals surface area contributed by atoms with Gasteiger partial charge in [0, 0.05) is 35.3 Å². The van der Waals surface area contributed by atoms with Crippen molar-refractivity contribution >= 4 is 23.3 Å². The normalized spacial score (nSPS) is 20.0. The van der Waals surface area contributed by atoms with Crippen LogP contribution < -0.4 is 10.6 Å². The monoisotopic (exact) mass is 303 g/mol. The topological polar surface area (TPSA) is 53.1 Å². The Hall–Kier alpha value is -1.37. The summed E-state index contributed by atoms with van der Waals surface area (Å²) in [6.07, 6.45) is -4.50. The van der Waals surface area contributed by atoms with Crippen molar-refractivity contribution < 1.29 is 13.2 Å². The number of hydrogen-bond donors (Lipinski definition) is 2. The van der Waals surface area contributed by atoms with E-state index in [0.717, 1.165) is 24.9 Å². The summed E-state index contributed by atoms with van der Waals surface area (Å²) < 4.78 is 38.6. The molecule has 110 valence electrons. The summed E-state index contributed by atoms with van der Waals surface area (Å²) in [4.78, 5) is 2.04. The molecule has 0 spiro atoms. The molecular weight excluding hydrogens is 287 g/mol. The smallest absolute Gasteiger partial charge is 0.384 e. The second-order valence-corrected chi connectivity index (χ2v) is 6.32. The Balaban J connectivity index is 2.37. The predicted octanol–water partition coefficient (Wildman–Crippen LogP) is 2.93. The van der Waals surface area contributed by atoms with E-state index in [2.05, 4.69) is 6.92 Å². The number of amidine groups is 1. The third-order valence-corrected chi connectivity index (χ3v) is 4.34. The van der Waals surface area contributed by atoms with Crippen LogP contribution in [0.2, 0.25) is 0 Å². The van der Waals surface area contributed by atoms with E-state index in [0.29, 0.717) is 10.9 Å². The van der Waals surface area contributed by atoms with Crippen LogP contribution in [0, 0.1) is 5.41 Å². The molecule has 1 unspecified atom stereocenters. The Morgan fingerprint density at radius 2 is 2.15 bits per heavy atom. The van der Waals surface area contributed by atoms with Crippen molar-refractivity contribution in [3.8, 4) is 0 Å². The van der Waals surface area contributed by atoms with Crippen LogP contribution in [0.4, 0.5) is 18.9 Å². The first-order valence-electron chi connectivity index (χ1n) is 6.21. The predicted molar refractivity (Wildman–Crippen MR) is 76.6 cm³/mol. The highest BCUT2D eigenvalue weighted by molar-refractivity contribution is 8.00. The number of benzene rings is 1. The van der Waals surface area contributed by atoms with Crippen molar-refractivity contribution in [2.75, 3.05) is 23.7 Å². The fraction of sp³-hybridized carbons (Fsp3) is 0.462. The third-order valence-electron chi connectivity index (χ3n) is 3.20. The van der Waals surface area contributed by atoms with Gasteiger partial charge in [0.05, 0.1) is 5.56 Å². The maximum Gasteiger partial charge on any atom is 0.417 e. The molecule has 3 nitrogen and oxygen atoms in total. The maximum atomic E-state index is 12.9. The lowest BCUT2D eigenvalue weighted by Crippen LogP contribution is -2.36. The second-order valence-electron chi connectivity index (χ2n) is 4.77. The number of rotatable bonds is 2. The molecule has 7 heteroatoms. The summed E-state index contributed by atoms with van der Waals surface area (Å²) in [7, 11) is 0. The lowest BCUT2D eigenvalue weighted by atomic mass is 10.0. The molecule has 3 N–H and O–H groups in total. The first-order chi connectivity index (χ1) is 9.29. The number of halogens is 3. The number of alkyl halides is 3. The Bertz CT molecular complexity index is 516. The number of anilines is 1. The van der Waals surface area contributed by atoms with Crippen molar-refractivity contribution in [2.24, 2.45) is 5.73 Å². The highest BCUT2D eigenvalue weighted by Crippen LogP contribution is 2.34. The number of nitrogens with one attached hydrogen (secondary N) is 1. The molecule has 0 radical (unpaired) electrons. The molecule has 1 heterocycles. The van der Waals surface area contributed by atoms with Gasteiger partial charge in [-0.25, -0.2) is 0 Å². The van der Waals surface area contributed by atoms with Crippen molar-refractivity contribution in [1.82, 2.24) is 0 Å². The largest absolute Gasteiger partial charge is 0.417 e. The van der Waals surface area contributed by atoms with Crippen molar-refractivity contribution in [1.29, 1.82) is 5.41 Å². The standard InChI is InChI=1S/C13H16F3N3S/c1-8-7-19(4-5-20-8)9-2-3-11(13(14,15)16)10(6-9)12(17)18/h2-3,6,8H,4-5,7H2,1H3,(H3,17,18).